The van der Waals surface area contributed by atoms with E-state index in [9.17, 15) is 4.79 Å². The van der Waals surface area contributed by atoms with E-state index in [4.69, 9.17) is 0 Å². The van der Waals surface area contributed by atoms with Gasteiger partial charge in [-0.25, -0.2) is 0 Å². The lowest BCUT2D eigenvalue weighted by Crippen LogP contribution is -2.44. The van der Waals surface area contributed by atoms with Crippen LogP contribution in [-0.2, 0) is 11.3 Å². The first-order valence-electron chi connectivity index (χ1n) is 9.09. The molecule has 1 aliphatic rings. The minimum absolute atomic E-state index is 0.0524. The number of amides is 1. The first-order valence-corrected chi connectivity index (χ1v) is 9.97. The summed E-state index contributed by atoms with van der Waals surface area (Å²) in [5, 5.41) is 16.0. The number of rotatable bonds is 7. The second kappa shape index (κ2) is 8.85. The summed E-state index contributed by atoms with van der Waals surface area (Å²) < 4.78 is 2.13. The highest BCUT2D eigenvalue weighted by Crippen LogP contribution is 2.30. The van der Waals surface area contributed by atoms with Gasteiger partial charge in [-0.05, 0) is 53.1 Å². The van der Waals surface area contributed by atoms with Gasteiger partial charge in [-0.3, -0.25) is 4.79 Å². The van der Waals surface area contributed by atoms with Gasteiger partial charge in [0.2, 0.25) is 5.91 Å². The van der Waals surface area contributed by atoms with E-state index in [1.54, 1.807) is 0 Å². The molecule has 1 aliphatic heterocycles. The fourth-order valence-corrected chi connectivity index (χ4v) is 3.94. The van der Waals surface area contributed by atoms with Gasteiger partial charge >= 0.3 is 0 Å². The Balaban J connectivity index is 2.18. The molecular formula is C18H31N5OS. The van der Waals surface area contributed by atoms with Gasteiger partial charge in [-0.15, -0.1) is 16.8 Å². The van der Waals surface area contributed by atoms with Crippen LogP contribution in [0.1, 0.15) is 58.7 Å². The van der Waals surface area contributed by atoms with Crippen LogP contribution in [0.3, 0.4) is 0 Å². The molecule has 0 radical (unpaired) electrons. The molecule has 2 N–H and O–H groups in total. The van der Waals surface area contributed by atoms with Gasteiger partial charge in [0, 0.05) is 18.0 Å². The largest absolute Gasteiger partial charge is 0.351 e. The number of nitrogens with one attached hydrogen (secondary N) is 2. The van der Waals surface area contributed by atoms with Crippen LogP contribution >= 0.6 is 11.8 Å². The van der Waals surface area contributed by atoms with Crippen molar-refractivity contribution in [2.75, 3.05) is 13.1 Å². The van der Waals surface area contributed by atoms with Gasteiger partial charge in [-0.1, -0.05) is 24.8 Å². The molecule has 0 spiro atoms. The molecule has 2 heterocycles. The summed E-state index contributed by atoms with van der Waals surface area (Å²) in [7, 11) is 0. The zero-order valence-electron chi connectivity index (χ0n) is 15.8. The van der Waals surface area contributed by atoms with Crippen molar-refractivity contribution in [2.45, 2.75) is 75.4 Å². The van der Waals surface area contributed by atoms with Gasteiger partial charge in [-0.2, -0.15) is 0 Å². The van der Waals surface area contributed by atoms with Crippen LogP contribution in [0.5, 0.6) is 0 Å². The van der Waals surface area contributed by atoms with Crippen molar-refractivity contribution in [2.24, 2.45) is 0 Å². The van der Waals surface area contributed by atoms with Gasteiger partial charge in [0.1, 0.15) is 5.82 Å². The van der Waals surface area contributed by atoms with Crippen molar-refractivity contribution < 1.29 is 4.79 Å². The number of hydrogen-bond acceptors (Lipinski definition) is 5. The Morgan fingerprint density at radius 1 is 1.44 bits per heavy atom. The predicted octanol–water partition coefficient (Wildman–Crippen LogP) is 2.72. The number of carbonyl (C=O) groups is 1. The van der Waals surface area contributed by atoms with Crippen molar-refractivity contribution in [3.63, 3.8) is 0 Å². The summed E-state index contributed by atoms with van der Waals surface area (Å²) in [6.07, 6.45) is 4.76. The molecule has 0 bridgehead atoms. The molecule has 1 amide bonds. The van der Waals surface area contributed by atoms with Crippen LogP contribution in [0.4, 0.5) is 0 Å². The first-order chi connectivity index (χ1) is 11.9. The quantitative estimate of drug-likeness (QED) is 0.574. The molecule has 1 saturated heterocycles. The minimum atomic E-state index is -0.236. The molecule has 6 nitrogen and oxygen atoms in total. The second-order valence-corrected chi connectivity index (χ2v) is 8.69. The Bertz CT molecular complexity index is 587. The van der Waals surface area contributed by atoms with Crippen molar-refractivity contribution >= 4 is 17.7 Å². The molecule has 140 valence electrons. The Morgan fingerprint density at radius 2 is 2.12 bits per heavy atom. The molecule has 0 saturated carbocycles. The number of allylic oxidation sites excluding steroid dienone is 1. The zero-order valence-corrected chi connectivity index (χ0v) is 16.7. The molecule has 1 aromatic rings. The lowest BCUT2D eigenvalue weighted by Gasteiger charge is -2.24. The maximum atomic E-state index is 12.6. The third-order valence-electron chi connectivity index (χ3n) is 4.17. The molecule has 1 atom stereocenters. The number of aromatic nitrogens is 3. The number of nitrogens with zero attached hydrogens (tertiary/aromatic N) is 3. The van der Waals surface area contributed by atoms with Crippen LogP contribution < -0.4 is 10.6 Å². The molecule has 7 heteroatoms. The average Bonchev–Trinajstić information content (AvgIpc) is 2.94. The van der Waals surface area contributed by atoms with Gasteiger partial charge in [0.15, 0.2) is 5.16 Å². The number of carbonyl (C=O) groups excluding carboxylic acids is 1. The third kappa shape index (κ3) is 5.57. The maximum absolute atomic E-state index is 12.6. The van der Waals surface area contributed by atoms with E-state index in [1.165, 1.54) is 11.8 Å². The molecule has 0 unspecified atom stereocenters. The van der Waals surface area contributed by atoms with E-state index in [-0.39, 0.29) is 16.7 Å². The molecule has 1 fully saturated rings. The summed E-state index contributed by atoms with van der Waals surface area (Å²) >= 11 is 1.50. The van der Waals surface area contributed by atoms with Crippen LogP contribution in [0.25, 0.3) is 0 Å². The van der Waals surface area contributed by atoms with Crippen LogP contribution in [0, 0.1) is 0 Å². The number of piperidine rings is 1. The molecule has 0 aliphatic carbocycles. The number of hydrogen-bond donors (Lipinski definition) is 2. The van der Waals surface area contributed by atoms with Crippen LogP contribution in [0.2, 0.25) is 0 Å². The third-order valence-corrected chi connectivity index (χ3v) is 5.52. The molecule has 0 aromatic carbocycles. The topological polar surface area (TPSA) is 71.8 Å². The summed E-state index contributed by atoms with van der Waals surface area (Å²) in [5.74, 6) is 1.50. The Morgan fingerprint density at radius 3 is 2.68 bits per heavy atom. The monoisotopic (exact) mass is 365 g/mol. The summed E-state index contributed by atoms with van der Waals surface area (Å²) in [6, 6.07) is 0. The molecule has 2 rings (SSSR count). The number of thioether (sulfide) groups is 1. The average molecular weight is 366 g/mol. The van der Waals surface area contributed by atoms with E-state index in [0.717, 1.165) is 43.3 Å². The Hall–Kier alpha value is -1.34. The van der Waals surface area contributed by atoms with Crippen molar-refractivity contribution in [3.8, 4) is 0 Å². The van der Waals surface area contributed by atoms with E-state index < -0.39 is 0 Å². The predicted molar refractivity (Wildman–Crippen MR) is 103 cm³/mol. The highest BCUT2D eigenvalue weighted by atomic mass is 32.2. The molecule has 1 aromatic heterocycles. The Kier molecular flexibility index (Phi) is 7.07. The van der Waals surface area contributed by atoms with Crippen LogP contribution in [0.15, 0.2) is 17.8 Å². The maximum Gasteiger partial charge on any atom is 0.233 e. The van der Waals surface area contributed by atoms with E-state index in [1.807, 2.05) is 33.8 Å². The smallest absolute Gasteiger partial charge is 0.233 e. The summed E-state index contributed by atoms with van der Waals surface area (Å²) in [5.41, 5.74) is -0.236. The van der Waals surface area contributed by atoms with Crippen LogP contribution in [-0.4, -0.2) is 44.6 Å². The van der Waals surface area contributed by atoms with E-state index >= 15 is 0 Å². The van der Waals surface area contributed by atoms with E-state index in [0.29, 0.717) is 12.5 Å². The Labute approximate surface area is 155 Å². The van der Waals surface area contributed by atoms with Gasteiger partial charge in [0.25, 0.3) is 0 Å². The normalized spacial score (nSPS) is 17.3. The van der Waals surface area contributed by atoms with Crippen molar-refractivity contribution in [1.82, 2.24) is 25.4 Å². The molecule has 25 heavy (non-hydrogen) atoms. The lowest BCUT2D eigenvalue weighted by atomic mass is 9.97. The lowest BCUT2D eigenvalue weighted by molar-refractivity contribution is -0.122. The first kappa shape index (κ1) is 20.0. The molecular weight excluding hydrogens is 334 g/mol. The SMILES string of the molecule is C=CCn1c(S[C@H](CC)C(=O)NC(C)(C)C)nnc1C1CCNCC1. The fraction of sp³-hybridized carbons (Fsp3) is 0.722. The van der Waals surface area contributed by atoms with E-state index in [2.05, 4.69) is 32.0 Å². The van der Waals surface area contributed by atoms with Gasteiger partial charge < -0.3 is 15.2 Å². The van der Waals surface area contributed by atoms with Crippen molar-refractivity contribution in [1.29, 1.82) is 0 Å². The minimum Gasteiger partial charge on any atom is -0.351 e. The highest BCUT2D eigenvalue weighted by Gasteiger charge is 2.27. The standard InChI is InChI=1S/C18H31N5OS/c1-6-12-23-15(13-8-10-19-11-9-13)21-22-17(23)25-14(7-2)16(24)20-18(3,4)5/h6,13-14,19H,1,7-12H2,2-5H3,(H,20,24)/t14-/m1/s1. The fourth-order valence-electron chi connectivity index (χ4n) is 2.97. The zero-order chi connectivity index (χ0) is 18.4. The van der Waals surface area contributed by atoms with Gasteiger partial charge in [0.05, 0.1) is 5.25 Å². The summed E-state index contributed by atoms with van der Waals surface area (Å²) in [4.78, 5) is 12.6. The summed E-state index contributed by atoms with van der Waals surface area (Å²) in [6.45, 7) is 14.6. The second-order valence-electron chi connectivity index (χ2n) is 7.52. The van der Waals surface area contributed by atoms with Crippen molar-refractivity contribution in [3.05, 3.63) is 18.5 Å². The highest BCUT2D eigenvalue weighted by molar-refractivity contribution is 8.00.